The van der Waals surface area contributed by atoms with E-state index >= 15 is 0 Å². The largest absolute Gasteiger partial charge is 0.438 e. The van der Waals surface area contributed by atoms with Crippen LogP contribution < -0.4 is 0 Å². The number of carbonyl (C=O) groups is 1. The Morgan fingerprint density at radius 3 is 2.93 bits per heavy atom. The van der Waals surface area contributed by atoms with Gasteiger partial charge < -0.3 is 14.1 Å². The molecule has 1 atom stereocenters. The number of hydrogen-bond acceptors (Lipinski definition) is 4. The number of carbonyl (C=O) groups excluding carboxylic acids is 1. The van der Waals surface area contributed by atoms with Gasteiger partial charge in [0.05, 0.1) is 0 Å². The van der Waals surface area contributed by atoms with Crippen LogP contribution in [0.2, 0.25) is 0 Å². The number of hydrogen-bond donors (Lipinski definition) is 0. The molecule has 0 bridgehead atoms. The number of aromatic nitrogens is 1. The SMILES string of the molecule is COCC(=O)N1CCCC1c1nc2cc(-c3ccc(F)cc3F)ccc2o1. The van der Waals surface area contributed by atoms with Crippen molar-refractivity contribution < 1.29 is 22.7 Å². The van der Waals surface area contributed by atoms with Crippen LogP contribution in [0.1, 0.15) is 24.8 Å². The van der Waals surface area contributed by atoms with Crippen LogP contribution in [0, 0.1) is 11.6 Å². The van der Waals surface area contributed by atoms with Gasteiger partial charge in [0.2, 0.25) is 11.8 Å². The summed E-state index contributed by atoms with van der Waals surface area (Å²) >= 11 is 0. The van der Waals surface area contributed by atoms with Gasteiger partial charge in [-0.3, -0.25) is 4.79 Å². The Hall–Kier alpha value is -2.80. The van der Waals surface area contributed by atoms with Crippen molar-refractivity contribution in [1.82, 2.24) is 9.88 Å². The molecular formula is C20H18F2N2O3. The van der Waals surface area contributed by atoms with Crippen LogP contribution in [0.25, 0.3) is 22.2 Å². The third kappa shape index (κ3) is 3.30. The highest BCUT2D eigenvalue weighted by Crippen LogP contribution is 2.34. The second-order valence-electron chi connectivity index (χ2n) is 6.54. The highest BCUT2D eigenvalue weighted by molar-refractivity contribution is 5.81. The lowest BCUT2D eigenvalue weighted by Gasteiger charge is -2.21. The standard InChI is InChI=1S/C20H18F2N2O3/c1-26-11-19(25)24-8-2-3-17(24)20-23-16-9-12(4-7-18(16)27-20)14-6-5-13(21)10-15(14)22/h4-7,9-10,17H,2-3,8,11H2,1H3. The van der Waals surface area contributed by atoms with E-state index in [2.05, 4.69) is 4.98 Å². The molecule has 0 N–H and O–H groups in total. The summed E-state index contributed by atoms with van der Waals surface area (Å²) in [7, 11) is 1.48. The van der Waals surface area contributed by atoms with Gasteiger partial charge in [-0.2, -0.15) is 0 Å². The summed E-state index contributed by atoms with van der Waals surface area (Å²) in [5, 5.41) is 0. The highest BCUT2D eigenvalue weighted by Gasteiger charge is 2.33. The summed E-state index contributed by atoms with van der Waals surface area (Å²) in [5.74, 6) is -0.895. The van der Waals surface area contributed by atoms with Crippen LogP contribution in [0.15, 0.2) is 40.8 Å². The van der Waals surface area contributed by atoms with Crippen LogP contribution in [0.5, 0.6) is 0 Å². The molecule has 1 aliphatic rings. The van der Waals surface area contributed by atoms with E-state index in [1.54, 1.807) is 23.1 Å². The zero-order valence-corrected chi connectivity index (χ0v) is 14.7. The number of ether oxygens (including phenoxy) is 1. The molecule has 1 saturated heterocycles. The maximum atomic E-state index is 14.1. The quantitative estimate of drug-likeness (QED) is 0.692. The minimum absolute atomic E-state index is 0.0186. The predicted molar refractivity (Wildman–Crippen MR) is 94.9 cm³/mol. The van der Waals surface area contributed by atoms with Gasteiger partial charge in [-0.25, -0.2) is 13.8 Å². The average molecular weight is 372 g/mol. The molecule has 2 aromatic carbocycles. The summed E-state index contributed by atoms with van der Waals surface area (Å²) in [6, 6.07) is 8.35. The molecule has 5 nitrogen and oxygen atoms in total. The lowest BCUT2D eigenvalue weighted by atomic mass is 10.0. The van der Waals surface area contributed by atoms with E-state index in [9.17, 15) is 13.6 Å². The molecule has 1 amide bonds. The van der Waals surface area contributed by atoms with E-state index in [-0.39, 0.29) is 18.6 Å². The second kappa shape index (κ2) is 7.08. The number of benzene rings is 2. The number of oxazole rings is 1. The molecular weight excluding hydrogens is 354 g/mol. The van der Waals surface area contributed by atoms with Crippen molar-refractivity contribution in [1.29, 1.82) is 0 Å². The first-order chi connectivity index (χ1) is 13.1. The van der Waals surface area contributed by atoms with Crippen LogP contribution in [-0.4, -0.2) is 36.1 Å². The van der Waals surface area contributed by atoms with Gasteiger partial charge in [0, 0.05) is 25.3 Å². The third-order valence-corrected chi connectivity index (χ3v) is 4.77. The first-order valence-electron chi connectivity index (χ1n) is 8.71. The van der Waals surface area contributed by atoms with Gasteiger partial charge in [-0.15, -0.1) is 0 Å². The van der Waals surface area contributed by atoms with Gasteiger partial charge in [0.1, 0.15) is 29.8 Å². The number of amides is 1. The maximum absolute atomic E-state index is 14.1. The van der Waals surface area contributed by atoms with Crippen LogP contribution in [-0.2, 0) is 9.53 Å². The Kier molecular flexibility index (Phi) is 4.61. The van der Waals surface area contributed by atoms with Crippen molar-refractivity contribution in [2.24, 2.45) is 0 Å². The van der Waals surface area contributed by atoms with Gasteiger partial charge in [0.25, 0.3) is 0 Å². The predicted octanol–water partition coefficient (Wildman–Crippen LogP) is 4.08. The molecule has 4 rings (SSSR count). The Labute approximate surface area is 154 Å². The molecule has 2 heterocycles. The van der Waals surface area contributed by atoms with Gasteiger partial charge in [0.15, 0.2) is 5.58 Å². The zero-order chi connectivity index (χ0) is 19.0. The number of fused-ring (bicyclic) bond motifs is 1. The normalized spacial score (nSPS) is 17.0. The third-order valence-electron chi connectivity index (χ3n) is 4.77. The number of rotatable bonds is 4. The first-order valence-corrected chi connectivity index (χ1v) is 8.71. The molecule has 1 aromatic heterocycles. The maximum Gasteiger partial charge on any atom is 0.249 e. The summed E-state index contributed by atoms with van der Waals surface area (Å²) in [6.45, 7) is 0.655. The average Bonchev–Trinajstić information content (AvgIpc) is 3.28. The Morgan fingerprint density at radius 2 is 2.15 bits per heavy atom. The van der Waals surface area contributed by atoms with Crippen molar-refractivity contribution in [2.75, 3.05) is 20.3 Å². The number of methoxy groups -OCH3 is 1. The topological polar surface area (TPSA) is 55.6 Å². The minimum atomic E-state index is -0.634. The summed E-state index contributed by atoms with van der Waals surface area (Å²) in [6.07, 6.45) is 1.63. The molecule has 1 fully saturated rings. The van der Waals surface area contributed by atoms with Gasteiger partial charge in [-0.1, -0.05) is 6.07 Å². The molecule has 0 aliphatic carbocycles. The highest BCUT2D eigenvalue weighted by atomic mass is 19.1. The fourth-order valence-electron chi connectivity index (χ4n) is 3.51. The van der Waals surface area contributed by atoms with Gasteiger partial charge >= 0.3 is 0 Å². The van der Waals surface area contributed by atoms with E-state index in [0.717, 1.165) is 18.9 Å². The Balaban J connectivity index is 1.68. The summed E-state index contributed by atoms with van der Waals surface area (Å²) in [5.41, 5.74) is 2.00. The summed E-state index contributed by atoms with van der Waals surface area (Å²) in [4.78, 5) is 18.4. The van der Waals surface area contributed by atoms with E-state index in [1.165, 1.54) is 19.2 Å². The lowest BCUT2D eigenvalue weighted by molar-refractivity contribution is -0.136. The number of likely N-dealkylation sites (tertiary alicyclic amines) is 1. The molecule has 3 aromatic rings. The Bertz CT molecular complexity index is 1000. The van der Waals surface area contributed by atoms with E-state index in [1.807, 2.05) is 0 Å². The second-order valence-corrected chi connectivity index (χ2v) is 6.54. The zero-order valence-electron chi connectivity index (χ0n) is 14.7. The monoisotopic (exact) mass is 372 g/mol. The first kappa shape index (κ1) is 17.6. The number of halogens is 2. The van der Waals surface area contributed by atoms with E-state index < -0.39 is 11.6 Å². The van der Waals surface area contributed by atoms with Crippen molar-refractivity contribution in [3.8, 4) is 11.1 Å². The fraction of sp³-hybridized carbons (Fsp3) is 0.300. The van der Waals surface area contributed by atoms with Crippen LogP contribution in [0.3, 0.4) is 0 Å². The lowest BCUT2D eigenvalue weighted by Crippen LogP contribution is -2.33. The number of nitrogens with zero attached hydrogens (tertiary/aromatic N) is 2. The van der Waals surface area contributed by atoms with Gasteiger partial charge in [-0.05, 0) is 42.7 Å². The van der Waals surface area contributed by atoms with Crippen molar-refractivity contribution in [3.05, 3.63) is 53.9 Å². The minimum Gasteiger partial charge on any atom is -0.438 e. The van der Waals surface area contributed by atoms with Crippen molar-refractivity contribution in [2.45, 2.75) is 18.9 Å². The molecule has 0 spiro atoms. The molecule has 0 radical (unpaired) electrons. The molecule has 0 saturated carbocycles. The Morgan fingerprint density at radius 1 is 1.30 bits per heavy atom. The van der Waals surface area contributed by atoms with E-state index in [4.69, 9.17) is 9.15 Å². The van der Waals surface area contributed by atoms with Crippen LogP contribution in [0.4, 0.5) is 8.78 Å². The van der Waals surface area contributed by atoms with E-state index in [0.29, 0.717) is 34.7 Å². The smallest absolute Gasteiger partial charge is 0.249 e. The summed E-state index contributed by atoms with van der Waals surface area (Å²) < 4.78 is 38.0. The fourth-order valence-corrected chi connectivity index (χ4v) is 3.51. The molecule has 140 valence electrons. The molecule has 1 aliphatic heterocycles. The molecule has 1 unspecified atom stereocenters. The molecule has 27 heavy (non-hydrogen) atoms. The van der Waals surface area contributed by atoms with Crippen molar-refractivity contribution >= 4 is 17.0 Å². The molecule has 7 heteroatoms. The van der Waals surface area contributed by atoms with Crippen LogP contribution >= 0.6 is 0 Å². The van der Waals surface area contributed by atoms with Crippen molar-refractivity contribution in [3.63, 3.8) is 0 Å².